The molecule has 0 bridgehead atoms. The molecule has 2 aromatic rings. The van der Waals surface area contributed by atoms with Gasteiger partial charge in [-0.25, -0.2) is 0 Å². The summed E-state index contributed by atoms with van der Waals surface area (Å²) in [5.41, 5.74) is 2.07. The molecule has 0 spiro atoms. The molecule has 1 saturated heterocycles. The molecule has 3 rings (SSSR count). The van der Waals surface area contributed by atoms with Gasteiger partial charge in [0.15, 0.2) is 0 Å². The van der Waals surface area contributed by atoms with E-state index >= 15 is 0 Å². The maximum absolute atomic E-state index is 12.4. The number of hydrogen-bond acceptors (Lipinski definition) is 3. The molecule has 1 aromatic carbocycles. The van der Waals surface area contributed by atoms with Gasteiger partial charge in [-0.15, -0.1) is 0 Å². The number of aryl methyl sites for hydroxylation is 2. The van der Waals surface area contributed by atoms with E-state index in [0.717, 1.165) is 44.9 Å². The van der Waals surface area contributed by atoms with E-state index in [1.807, 2.05) is 17.9 Å². The molecule has 122 valence electrons. The summed E-state index contributed by atoms with van der Waals surface area (Å²) in [6.07, 6.45) is 3.84. The number of rotatable bonds is 5. The normalized spacial score (nSPS) is 15.8. The Morgan fingerprint density at radius 1 is 1.13 bits per heavy atom. The fourth-order valence-corrected chi connectivity index (χ4v) is 3.06. The van der Waals surface area contributed by atoms with E-state index in [0.29, 0.717) is 5.56 Å². The Morgan fingerprint density at radius 2 is 1.87 bits per heavy atom. The van der Waals surface area contributed by atoms with Crippen LogP contribution in [-0.4, -0.2) is 48.4 Å². The van der Waals surface area contributed by atoms with Crippen molar-refractivity contribution in [3.63, 3.8) is 0 Å². The van der Waals surface area contributed by atoms with Crippen molar-refractivity contribution in [2.24, 2.45) is 0 Å². The molecule has 1 aromatic heterocycles. The molecular formula is C19H24N2O2. The number of hydrogen-bond donors (Lipinski definition) is 0. The van der Waals surface area contributed by atoms with Crippen LogP contribution in [-0.2, 0) is 6.42 Å². The topological polar surface area (TPSA) is 36.7 Å². The predicted molar refractivity (Wildman–Crippen MR) is 90.6 cm³/mol. The van der Waals surface area contributed by atoms with E-state index in [9.17, 15) is 4.79 Å². The summed E-state index contributed by atoms with van der Waals surface area (Å²) in [6.45, 7) is 6.47. The van der Waals surface area contributed by atoms with Crippen LogP contribution in [0.3, 0.4) is 0 Å². The molecule has 0 radical (unpaired) electrons. The van der Waals surface area contributed by atoms with Gasteiger partial charge in [0.1, 0.15) is 12.0 Å². The van der Waals surface area contributed by atoms with E-state index in [2.05, 4.69) is 35.2 Å². The lowest BCUT2D eigenvalue weighted by atomic mass is 10.1. The zero-order valence-corrected chi connectivity index (χ0v) is 13.7. The number of carbonyl (C=O) groups excluding carboxylic acids is 1. The molecule has 4 nitrogen and oxygen atoms in total. The van der Waals surface area contributed by atoms with E-state index in [4.69, 9.17) is 4.42 Å². The number of amides is 1. The van der Waals surface area contributed by atoms with Crippen molar-refractivity contribution in [3.8, 4) is 0 Å². The fourth-order valence-electron chi connectivity index (χ4n) is 3.06. The monoisotopic (exact) mass is 312 g/mol. The van der Waals surface area contributed by atoms with Crippen LogP contribution in [0.5, 0.6) is 0 Å². The van der Waals surface area contributed by atoms with Gasteiger partial charge in [-0.05, 0) is 37.9 Å². The van der Waals surface area contributed by atoms with Gasteiger partial charge in [0.2, 0.25) is 0 Å². The molecule has 4 heteroatoms. The molecule has 1 amide bonds. The third kappa shape index (κ3) is 4.23. The lowest BCUT2D eigenvalue weighted by Gasteiger charge is -2.34. The minimum absolute atomic E-state index is 0.0887. The van der Waals surface area contributed by atoms with Gasteiger partial charge >= 0.3 is 0 Å². The van der Waals surface area contributed by atoms with Crippen LogP contribution in [0.2, 0.25) is 0 Å². The summed E-state index contributed by atoms with van der Waals surface area (Å²) in [7, 11) is 0. The maximum atomic E-state index is 12.4. The molecule has 2 heterocycles. The molecule has 0 aliphatic carbocycles. The standard InChI is InChI=1S/C19H24N2O2/c1-16-14-18(15-23-16)19(22)21-12-10-20(11-13-21)9-5-8-17-6-3-2-4-7-17/h2-4,6-7,14-15H,5,8-13H2,1H3. The minimum atomic E-state index is 0.0887. The molecule has 0 atom stereocenters. The number of furan rings is 1. The average molecular weight is 312 g/mol. The lowest BCUT2D eigenvalue weighted by molar-refractivity contribution is 0.0635. The van der Waals surface area contributed by atoms with E-state index in [1.54, 1.807) is 6.26 Å². The molecule has 0 saturated carbocycles. The largest absolute Gasteiger partial charge is 0.469 e. The first kappa shape index (κ1) is 15.8. The summed E-state index contributed by atoms with van der Waals surface area (Å²) >= 11 is 0. The number of benzene rings is 1. The molecule has 1 fully saturated rings. The molecule has 23 heavy (non-hydrogen) atoms. The van der Waals surface area contributed by atoms with Gasteiger partial charge in [0.25, 0.3) is 5.91 Å². The molecule has 1 aliphatic rings. The highest BCUT2D eigenvalue weighted by Gasteiger charge is 2.22. The van der Waals surface area contributed by atoms with Crippen LogP contribution >= 0.6 is 0 Å². The Kier molecular flexibility index (Phi) is 5.13. The Labute approximate surface area is 137 Å². The lowest BCUT2D eigenvalue weighted by Crippen LogP contribution is -2.48. The van der Waals surface area contributed by atoms with Gasteiger partial charge in [-0.1, -0.05) is 30.3 Å². The van der Waals surface area contributed by atoms with Crippen molar-refractivity contribution in [2.75, 3.05) is 32.7 Å². The summed E-state index contributed by atoms with van der Waals surface area (Å²) in [5.74, 6) is 0.874. The predicted octanol–water partition coefficient (Wildman–Crippen LogP) is 2.98. The zero-order chi connectivity index (χ0) is 16.1. The van der Waals surface area contributed by atoms with Crippen molar-refractivity contribution >= 4 is 5.91 Å². The Bertz CT molecular complexity index is 628. The Balaban J connectivity index is 1.41. The number of piperazine rings is 1. The maximum Gasteiger partial charge on any atom is 0.257 e. The minimum Gasteiger partial charge on any atom is -0.469 e. The van der Waals surface area contributed by atoms with E-state index in [1.165, 1.54) is 12.0 Å². The van der Waals surface area contributed by atoms with Gasteiger partial charge in [0, 0.05) is 26.2 Å². The highest BCUT2D eigenvalue weighted by Crippen LogP contribution is 2.12. The van der Waals surface area contributed by atoms with Crippen LogP contribution in [0.15, 0.2) is 47.1 Å². The van der Waals surface area contributed by atoms with Gasteiger partial charge in [-0.3, -0.25) is 9.69 Å². The van der Waals surface area contributed by atoms with Crippen LogP contribution in [0.1, 0.15) is 28.1 Å². The van der Waals surface area contributed by atoms with Crippen LogP contribution in [0.4, 0.5) is 0 Å². The van der Waals surface area contributed by atoms with Crippen LogP contribution in [0.25, 0.3) is 0 Å². The van der Waals surface area contributed by atoms with Crippen molar-refractivity contribution in [1.29, 1.82) is 0 Å². The summed E-state index contributed by atoms with van der Waals surface area (Å²) in [4.78, 5) is 16.7. The van der Waals surface area contributed by atoms with E-state index < -0.39 is 0 Å². The van der Waals surface area contributed by atoms with Crippen molar-refractivity contribution in [3.05, 3.63) is 59.5 Å². The quantitative estimate of drug-likeness (QED) is 0.851. The SMILES string of the molecule is Cc1cc(C(=O)N2CCN(CCCc3ccccc3)CC2)co1. The fraction of sp³-hybridized carbons (Fsp3) is 0.421. The first-order chi connectivity index (χ1) is 11.2. The van der Waals surface area contributed by atoms with Crippen molar-refractivity contribution in [2.45, 2.75) is 19.8 Å². The van der Waals surface area contributed by atoms with Gasteiger partial charge < -0.3 is 9.32 Å². The van der Waals surface area contributed by atoms with Crippen molar-refractivity contribution in [1.82, 2.24) is 9.80 Å². The Hall–Kier alpha value is -2.07. The smallest absolute Gasteiger partial charge is 0.257 e. The Morgan fingerprint density at radius 3 is 2.52 bits per heavy atom. The van der Waals surface area contributed by atoms with Gasteiger partial charge in [0.05, 0.1) is 5.56 Å². The second kappa shape index (κ2) is 7.47. The average Bonchev–Trinajstić information content (AvgIpc) is 3.02. The van der Waals surface area contributed by atoms with Gasteiger partial charge in [-0.2, -0.15) is 0 Å². The molecular weight excluding hydrogens is 288 g/mol. The summed E-state index contributed by atoms with van der Waals surface area (Å²) in [6, 6.07) is 12.4. The van der Waals surface area contributed by atoms with Crippen molar-refractivity contribution < 1.29 is 9.21 Å². The number of carbonyl (C=O) groups is 1. The zero-order valence-electron chi connectivity index (χ0n) is 13.7. The second-order valence-electron chi connectivity index (χ2n) is 6.17. The summed E-state index contributed by atoms with van der Waals surface area (Å²) in [5, 5.41) is 0. The third-order valence-corrected chi connectivity index (χ3v) is 4.42. The van der Waals surface area contributed by atoms with Crippen LogP contribution < -0.4 is 0 Å². The summed E-state index contributed by atoms with van der Waals surface area (Å²) < 4.78 is 5.23. The number of nitrogens with zero attached hydrogens (tertiary/aromatic N) is 2. The van der Waals surface area contributed by atoms with E-state index in [-0.39, 0.29) is 5.91 Å². The third-order valence-electron chi connectivity index (χ3n) is 4.42. The highest BCUT2D eigenvalue weighted by molar-refractivity contribution is 5.94. The second-order valence-corrected chi connectivity index (χ2v) is 6.17. The first-order valence-corrected chi connectivity index (χ1v) is 8.33. The molecule has 0 N–H and O–H groups in total. The van der Waals surface area contributed by atoms with Crippen LogP contribution in [0, 0.1) is 6.92 Å². The highest BCUT2D eigenvalue weighted by atomic mass is 16.3. The molecule has 0 unspecified atom stereocenters. The molecule has 1 aliphatic heterocycles. The first-order valence-electron chi connectivity index (χ1n) is 8.33.